The van der Waals surface area contributed by atoms with Crippen molar-refractivity contribution in [2.24, 2.45) is 0 Å². The predicted octanol–water partition coefficient (Wildman–Crippen LogP) is 2.74. The van der Waals surface area contributed by atoms with Crippen LogP contribution in [0, 0.1) is 10.1 Å². The molecule has 9 nitrogen and oxygen atoms in total. The largest absolute Gasteiger partial charge is 0.507 e. The first kappa shape index (κ1) is 22.6. The molecule has 0 spiro atoms. The lowest BCUT2D eigenvalue weighted by Gasteiger charge is -2.29. The van der Waals surface area contributed by atoms with Crippen LogP contribution in [0.5, 0.6) is 0 Å². The number of non-ortho nitro benzene ring substituents is 1. The van der Waals surface area contributed by atoms with Crippen LogP contribution in [0.25, 0.3) is 5.76 Å². The van der Waals surface area contributed by atoms with Crippen molar-refractivity contribution in [1.29, 1.82) is 0 Å². The van der Waals surface area contributed by atoms with Crippen molar-refractivity contribution < 1.29 is 24.4 Å². The standard InChI is InChI=1S/C24H25N3O6/c28-22(18-5-2-1-3-6-18)20-21(17-7-9-19(10-8-17)27(31)32)26(24(30)23(20)29)12-4-11-25-13-15-33-16-14-25/h1-3,5-10,21,28H,4,11-16H2/b22-20+/t21-/m1/s1. The third-order valence-corrected chi connectivity index (χ3v) is 5.98. The quantitative estimate of drug-likeness (QED) is 0.226. The summed E-state index contributed by atoms with van der Waals surface area (Å²) in [6.07, 6.45) is 0.641. The summed E-state index contributed by atoms with van der Waals surface area (Å²) in [6, 6.07) is 13.5. The highest BCUT2D eigenvalue weighted by molar-refractivity contribution is 6.46. The number of ketones is 1. The Balaban J connectivity index is 1.67. The molecule has 1 amide bonds. The summed E-state index contributed by atoms with van der Waals surface area (Å²) in [7, 11) is 0. The van der Waals surface area contributed by atoms with Gasteiger partial charge in [-0.1, -0.05) is 30.3 Å². The molecule has 2 heterocycles. The molecule has 1 atom stereocenters. The van der Waals surface area contributed by atoms with Crippen molar-refractivity contribution in [1.82, 2.24) is 9.80 Å². The fourth-order valence-electron chi connectivity index (χ4n) is 4.28. The summed E-state index contributed by atoms with van der Waals surface area (Å²) in [5.74, 6) is -1.70. The molecule has 2 aliphatic rings. The summed E-state index contributed by atoms with van der Waals surface area (Å²) < 4.78 is 5.36. The van der Waals surface area contributed by atoms with Gasteiger partial charge in [0, 0.05) is 43.9 Å². The second-order valence-electron chi connectivity index (χ2n) is 8.01. The lowest BCUT2D eigenvalue weighted by atomic mass is 9.95. The Morgan fingerprint density at radius 1 is 1.03 bits per heavy atom. The molecule has 0 aliphatic carbocycles. The van der Waals surface area contributed by atoms with Crippen molar-refractivity contribution in [3.63, 3.8) is 0 Å². The Morgan fingerprint density at radius 2 is 1.70 bits per heavy atom. The molecule has 2 aromatic rings. The summed E-state index contributed by atoms with van der Waals surface area (Å²) >= 11 is 0. The van der Waals surface area contributed by atoms with Crippen molar-refractivity contribution in [3.05, 3.63) is 81.4 Å². The number of rotatable bonds is 7. The molecule has 0 saturated carbocycles. The fraction of sp³-hybridized carbons (Fsp3) is 0.333. The van der Waals surface area contributed by atoms with Crippen molar-refractivity contribution in [2.75, 3.05) is 39.4 Å². The van der Waals surface area contributed by atoms with E-state index in [1.54, 1.807) is 30.3 Å². The molecule has 9 heteroatoms. The van der Waals surface area contributed by atoms with E-state index in [1.807, 2.05) is 0 Å². The zero-order chi connectivity index (χ0) is 23.4. The molecule has 2 aromatic carbocycles. The van der Waals surface area contributed by atoms with Gasteiger partial charge in [0.15, 0.2) is 0 Å². The summed E-state index contributed by atoms with van der Waals surface area (Å²) in [5.41, 5.74) is 0.858. The molecular weight excluding hydrogens is 426 g/mol. The Kier molecular flexibility index (Phi) is 6.81. The van der Waals surface area contributed by atoms with E-state index in [0.29, 0.717) is 37.3 Å². The van der Waals surface area contributed by atoms with Crippen molar-refractivity contribution in [2.45, 2.75) is 12.5 Å². The Bertz CT molecular complexity index is 1060. The highest BCUT2D eigenvalue weighted by atomic mass is 16.6. The van der Waals surface area contributed by atoms with Gasteiger partial charge in [-0.2, -0.15) is 0 Å². The maximum atomic E-state index is 13.0. The number of likely N-dealkylation sites (tertiary alicyclic amines) is 1. The number of nitro groups is 1. The maximum Gasteiger partial charge on any atom is 0.295 e. The molecule has 0 unspecified atom stereocenters. The van der Waals surface area contributed by atoms with E-state index in [2.05, 4.69) is 4.90 Å². The number of nitrogens with zero attached hydrogens (tertiary/aromatic N) is 3. The average molecular weight is 451 g/mol. The normalized spacial score (nSPS) is 20.8. The second-order valence-corrected chi connectivity index (χ2v) is 8.01. The smallest absolute Gasteiger partial charge is 0.295 e. The van der Waals surface area contributed by atoms with E-state index < -0.39 is 22.7 Å². The van der Waals surface area contributed by atoms with E-state index in [1.165, 1.54) is 29.2 Å². The van der Waals surface area contributed by atoms with Crippen molar-refractivity contribution >= 4 is 23.1 Å². The summed E-state index contributed by atoms with van der Waals surface area (Å²) in [4.78, 5) is 40.3. The number of morpholine rings is 1. The van der Waals surface area contributed by atoms with Crippen LogP contribution >= 0.6 is 0 Å². The van der Waals surface area contributed by atoms with Crippen LogP contribution in [0.4, 0.5) is 5.69 Å². The Hall–Kier alpha value is -3.56. The number of amides is 1. The Morgan fingerprint density at radius 3 is 2.33 bits per heavy atom. The lowest BCUT2D eigenvalue weighted by Crippen LogP contribution is -2.38. The fourth-order valence-corrected chi connectivity index (χ4v) is 4.28. The number of ether oxygens (including phenoxy) is 1. The molecule has 2 aliphatic heterocycles. The predicted molar refractivity (Wildman–Crippen MR) is 120 cm³/mol. The van der Waals surface area contributed by atoms with Gasteiger partial charge in [-0.3, -0.25) is 24.6 Å². The third-order valence-electron chi connectivity index (χ3n) is 5.98. The number of benzene rings is 2. The van der Waals surface area contributed by atoms with Gasteiger partial charge in [0.2, 0.25) is 0 Å². The number of hydrogen-bond donors (Lipinski definition) is 1. The highest BCUT2D eigenvalue weighted by Crippen LogP contribution is 2.39. The number of hydrogen-bond acceptors (Lipinski definition) is 7. The SMILES string of the molecule is O=C1C(=O)N(CCCN2CCOCC2)[C@H](c2ccc([N+](=O)[O-])cc2)/C1=C(\O)c1ccccc1. The van der Waals surface area contributed by atoms with Crippen LogP contribution in [0.2, 0.25) is 0 Å². The van der Waals surface area contributed by atoms with Crippen LogP contribution in [-0.2, 0) is 14.3 Å². The van der Waals surface area contributed by atoms with E-state index in [0.717, 1.165) is 19.6 Å². The van der Waals surface area contributed by atoms with E-state index >= 15 is 0 Å². The monoisotopic (exact) mass is 451 g/mol. The Labute approximate surface area is 191 Å². The second kappa shape index (κ2) is 9.93. The number of aliphatic hydroxyl groups excluding tert-OH is 1. The average Bonchev–Trinajstić information content (AvgIpc) is 3.10. The molecule has 4 rings (SSSR count). The molecule has 0 bridgehead atoms. The van der Waals surface area contributed by atoms with E-state index in [9.17, 15) is 24.8 Å². The van der Waals surface area contributed by atoms with Gasteiger partial charge < -0.3 is 14.7 Å². The first-order valence-corrected chi connectivity index (χ1v) is 10.9. The zero-order valence-electron chi connectivity index (χ0n) is 18.1. The first-order chi connectivity index (χ1) is 16.0. The molecule has 0 radical (unpaired) electrons. The number of Topliss-reactive ketones (excluding diaryl/α,β-unsaturated/α-hetero) is 1. The lowest BCUT2D eigenvalue weighted by molar-refractivity contribution is -0.384. The van der Waals surface area contributed by atoms with Gasteiger partial charge in [-0.15, -0.1) is 0 Å². The van der Waals surface area contributed by atoms with Gasteiger partial charge in [-0.25, -0.2) is 0 Å². The van der Waals surface area contributed by atoms with Crippen LogP contribution < -0.4 is 0 Å². The molecule has 2 fully saturated rings. The molecule has 172 valence electrons. The van der Waals surface area contributed by atoms with Gasteiger partial charge >= 0.3 is 0 Å². The van der Waals surface area contributed by atoms with Crippen LogP contribution in [0.3, 0.4) is 0 Å². The molecule has 2 saturated heterocycles. The van der Waals surface area contributed by atoms with Gasteiger partial charge in [0.25, 0.3) is 17.4 Å². The molecular formula is C24H25N3O6. The van der Waals surface area contributed by atoms with Crippen LogP contribution in [0.15, 0.2) is 60.2 Å². The van der Waals surface area contributed by atoms with Gasteiger partial charge in [-0.05, 0) is 24.1 Å². The highest BCUT2D eigenvalue weighted by Gasteiger charge is 2.45. The first-order valence-electron chi connectivity index (χ1n) is 10.9. The zero-order valence-corrected chi connectivity index (χ0v) is 18.1. The van der Waals surface area contributed by atoms with E-state index in [-0.39, 0.29) is 17.0 Å². The molecule has 33 heavy (non-hydrogen) atoms. The summed E-state index contributed by atoms with van der Waals surface area (Å²) in [6.45, 7) is 4.04. The van der Waals surface area contributed by atoms with Crippen LogP contribution in [0.1, 0.15) is 23.6 Å². The number of carbonyl (C=O) groups is 2. The third kappa shape index (κ3) is 4.79. The van der Waals surface area contributed by atoms with Crippen molar-refractivity contribution in [3.8, 4) is 0 Å². The number of nitro benzene ring substituents is 1. The number of carbonyl (C=O) groups excluding carboxylic acids is 2. The van der Waals surface area contributed by atoms with Gasteiger partial charge in [0.1, 0.15) is 5.76 Å². The van der Waals surface area contributed by atoms with Gasteiger partial charge in [0.05, 0.1) is 29.8 Å². The minimum atomic E-state index is -0.823. The molecule has 0 aromatic heterocycles. The topological polar surface area (TPSA) is 113 Å². The summed E-state index contributed by atoms with van der Waals surface area (Å²) in [5, 5.41) is 22.1. The van der Waals surface area contributed by atoms with Crippen LogP contribution in [-0.4, -0.2) is 70.9 Å². The molecule has 1 N–H and O–H groups in total. The minimum Gasteiger partial charge on any atom is -0.507 e. The van der Waals surface area contributed by atoms with E-state index in [4.69, 9.17) is 4.74 Å². The minimum absolute atomic E-state index is 0.00794. The maximum absolute atomic E-state index is 13.0. The number of aliphatic hydroxyl groups is 1.